The molecule has 1 aliphatic heterocycles. The molecule has 2 amide bonds. The Bertz CT molecular complexity index is 730. The van der Waals surface area contributed by atoms with Crippen molar-refractivity contribution in [1.29, 1.82) is 0 Å². The van der Waals surface area contributed by atoms with Crippen LogP contribution < -0.4 is 5.32 Å². The second-order valence-electron chi connectivity index (χ2n) is 6.13. The average molecular weight is 327 g/mol. The van der Waals surface area contributed by atoms with Gasteiger partial charge in [0.2, 0.25) is 0 Å². The number of likely N-dealkylation sites (tertiary alicyclic amines) is 1. The lowest BCUT2D eigenvalue weighted by atomic mass is 10.0. The number of rotatable bonds is 3. The maximum Gasteiger partial charge on any atom is 0.255 e. The number of nitrogens with one attached hydrogen (secondary N) is 1. The molecular formula is C17H21N5O2. The van der Waals surface area contributed by atoms with E-state index >= 15 is 0 Å². The maximum absolute atomic E-state index is 12.5. The van der Waals surface area contributed by atoms with Crippen molar-refractivity contribution in [1.82, 2.24) is 25.0 Å². The van der Waals surface area contributed by atoms with Crippen molar-refractivity contribution in [2.45, 2.75) is 25.8 Å². The van der Waals surface area contributed by atoms with Crippen molar-refractivity contribution in [3.05, 3.63) is 47.5 Å². The summed E-state index contributed by atoms with van der Waals surface area (Å²) in [7, 11) is 1.78. The van der Waals surface area contributed by atoms with Gasteiger partial charge in [-0.25, -0.2) is 0 Å². The van der Waals surface area contributed by atoms with Gasteiger partial charge in [-0.1, -0.05) is 0 Å². The van der Waals surface area contributed by atoms with Crippen LogP contribution >= 0.6 is 0 Å². The first kappa shape index (κ1) is 16.2. The Morgan fingerprint density at radius 3 is 2.50 bits per heavy atom. The zero-order chi connectivity index (χ0) is 17.1. The summed E-state index contributed by atoms with van der Waals surface area (Å²) in [6.45, 7) is 3.15. The van der Waals surface area contributed by atoms with Gasteiger partial charge in [-0.2, -0.15) is 5.10 Å². The number of carbonyl (C=O) groups excluding carboxylic acids is 2. The first-order valence-corrected chi connectivity index (χ1v) is 8.04. The molecule has 2 aromatic heterocycles. The molecule has 0 bridgehead atoms. The maximum atomic E-state index is 12.5. The molecule has 2 aromatic rings. The molecule has 0 saturated carbocycles. The molecule has 3 rings (SSSR count). The van der Waals surface area contributed by atoms with Crippen molar-refractivity contribution in [3.8, 4) is 0 Å². The molecule has 0 radical (unpaired) electrons. The van der Waals surface area contributed by atoms with Crippen molar-refractivity contribution in [3.63, 3.8) is 0 Å². The van der Waals surface area contributed by atoms with Gasteiger partial charge in [0.15, 0.2) is 0 Å². The van der Waals surface area contributed by atoms with Crippen LogP contribution in [0.15, 0.2) is 30.7 Å². The highest BCUT2D eigenvalue weighted by Gasteiger charge is 2.25. The van der Waals surface area contributed by atoms with Gasteiger partial charge < -0.3 is 10.2 Å². The molecule has 7 nitrogen and oxygen atoms in total. The third kappa shape index (κ3) is 3.61. The third-order valence-electron chi connectivity index (χ3n) is 4.24. The Kier molecular flexibility index (Phi) is 4.59. The van der Waals surface area contributed by atoms with E-state index in [-0.39, 0.29) is 17.9 Å². The number of hydrogen-bond acceptors (Lipinski definition) is 4. The quantitative estimate of drug-likeness (QED) is 0.917. The molecular weight excluding hydrogens is 306 g/mol. The highest BCUT2D eigenvalue weighted by Crippen LogP contribution is 2.14. The fraction of sp³-hybridized carbons (Fsp3) is 0.412. The van der Waals surface area contributed by atoms with Crippen LogP contribution in [0.3, 0.4) is 0 Å². The molecule has 1 fully saturated rings. The highest BCUT2D eigenvalue weighted by molar-refractivity contribution is 5.94. The van der Waals surface area contributed by atoms with E-state index in [1.165, 1.54) is 0 Å². The second-order valence-corrected chi connectivity index (χ2v) is 6.13. The third-order valence-corrected chi connectivity index (χ3v) is 4.24. The summed E-state index contributed by atoms with van der Waals surface area (Å²) < 4.78 is 1.60. The van der Waals surface area contributed by atoms with E-state index < -0.39 is 0 Å². The monoisotopic (exact) mass is 327 g/mol. The van der Waals surface area contributed by atoms with Gasteiger partial charge in [0, 0.05) is 44.3 Å². The minimum Gasteiger partial charge on any atom is -0.349 e. The Morgan fingerprint density at radius 2 is 1.92 bits per heavy atom. The van der Waals surface area contributed by atoms with Gasteiger partial charge >= 0.3 is 0 Å². The predicted octanol–water partition coefficient (Wildman–Crippen LogP) is 1.16. The average Bonchev–Trinajstić information content (AvgIpc) is 3.02. The zero-order valence-electron chi connectivity index (χ0n) is 13.9. The zero-order valence-corrected chi connectivity index (χ0v) is 13.9. The molecule has 0 aromatic carbocycles. The summed E-state index contributed by atoms with van der Waals surface area (Å²) >= 11 is 0. The van der Waals surface area contributed by atoms with Gasteiger partial charge in [-0.05, 0) is 31.9 Å². The molecule has 0 atom stereocenters. The minimum absolute atomic E-state index is 0.000430. The fourth-order valence-corrected chi connectivity index (χ4v) is 2.81. The molecule has 1 aliphatic rings. The van der Waals surface area contributed by atoms with E-state index in [9.17, 15) is 9.59 Å². The lowest BCUT2D eigenvalue weighted by molar-refractivity contribution is 0.0697. The van der Waals surface area contributed by atoms with Crippen molar-refractivity contribution >= 4 is 11.8 Å². The summed E-state index contributed by atoms with van der Waals surface area (Å²) in [6, 6.07) is 3.73. The molecule has 0 unspecified atom stereocenters. The molecule has 24 heavy (non-hydrogen) atoms. The van der Waals surface area contributed by atoms with Gasteiger partial charge in [-0.15, -0.1) is 0 Å². The number of carbonyl (C=O) groups is 2. The van der Waals surface area contributed by atoms with Gasteiger partial charge in [0.05, 0.1) is 17.3 Å². The first-order chi connectivity index (χ1) is 11.5. The first-order valence-electron chi connectivity index (χ1n) is 8.04. The highest BCUT2D eigenvalue weighted by atomic mass is 16.2. The molecule has 3 heterocycles. The van der Waals surface area contributed by atoms with Crippen LogP contribution in [0.4, 0.5) is 0 Å². The second kappa shape index (κ2) is 6.82. The minimum atomic E-state index is -0.115. The number of pyridine rings is 1. The summed E-state index contributed by atoms with van der Waals surface area (Å²) in [5, 5.41) is 7.02. The lowest BCUT2D eigenvalue weighted by Gasteiger charge is -2.32. The predicted molar refractivity (Wildman–Crippen MR) is 88.6 cm³/mol. The van der Waals surface area contributed by atoms with E-state index in [1.54, 1.807) is 36.4 Å². The van der Waals surface area contributed by atoms with E-state index in [1.807, 2.05) is 17.9 Å². The van der Waals surface area contributed by atoms with Crippen LogP contribution in [-0.4, -0.2) is 50.6 Å². The summed E-state index contributed by atoms with van der Waals surface area (Å²) in [5.74, 6) is -0.116. The van der Waals surface area contributed by atoms with Gasteiger partial charge in [0.1, 0.15) is 0 Å². The molecule has 0 spiro atoms. The van der Waals surface area contributed by atoms with Crippen LogP contribution in [0.5, 0.6) is 0 Å². The summed E-state index contributed by atoms with van der Waals surface area (Å²) in [5.41, 5.74) is 2.06. The Morgan fingerprint density at radius 1 is 1.17 bits per heavy atom. The number of hydrogen-bond donors (Lipinski definition) is 1. The topological polar surface area (TPSA) is 80.1 Å². The number of nitrogens with zero attached hydrogens (tertiary/aromatic N) is 4. The van der Waals surface area contributed by atoms with Crippen LogP contribution in [0.1, 0.15) is 39.3 Å². The number of aromatic nitrogens is 3. The molecule has 1 saturated heterocycles. The molecule has 7 heteroatoms. The number of aryl methyl sites for hydroxylation is 2. The van der Waals surface area contributed by atoms with Crippen molar-refractivity contribution in [2.75, 3.05) is 13.1 Å². The number of piperidine rings is 1. The summed E-state index contributed by atoms with van der Waals surface area (Å²) in [4.78, 5) is 30.6. The van der Waals surface area contributed by atoms with E-state index in [2.05, 4.69) is 15.4 Å². The van der Waals surface area contributed by atoms with Gasteiger partial charge in [-0.3, -0.25) is 19.3 Å². The summed E-state index contributed by atoms with van der Waals surface area (Å²) in [6.07, 6.45) is 6.36. The lowest BCUT2D eigenvalue weighted by Crippen LogP contribution is -2.46. The molecule has 1 N–H and O–H groups in total. The van der Waals surface area contributed by atoms with Crippen LogP contribution in [0.2, 0.25) is 0 Å². The van der Waals surface area contributed by atoms with E-state index in [4.69, 9.17) is 0 Å². The Labute approximate surface area is 140 Å². The fourth-order valence-electron chi connectivity index (χ4n) is 2.81. The normalized spacial score (nSPS) is 15.3. The van der Waals surface area contributed by atoms with Crippen molar-refractivity contribution in [2.24, 2.45) is 7.05 Å². The van der Waals surface area contributed by atoms with E-state index in [0.29, 0.717) is 24.2 Å². The molecule has 0 aliphatic carbocycles. The van der Waals surface area contributed by atoms with Crippen molar-refractivity contribution < 1.29 is 9.59 Å². The standard InChI is InChI=1S/C17H21N5O2/c1-12-3-4-13(9-18-12)17(24)22-7-5-15(6-8-22)20-16(23)14-10-19-21(2)11-14/h3-4,9-11,15H,5-8H2,1-2H3,(H,20,23). The SMILES string of the molecule is Cc1ccc(C(=O)N2CCC(NC(=O)c3cnn(C)c3)CC2)cn1. The smallest absolute Gasteiger partial charge is 0.255 e. The van der Waals surface area contributed by atoms with Crippen LogP contribution in [0, 0.1) is 6.92 Å². The molecule has 126 valence electrons. The van der Waals surface area contributed by atoms with Gasteiger partial charge in [0.25, 0.3) is 11.8 Å². The number of amides is 2. The van der Waals surface area contributed by atoms with E-state index in [0.717, 1.165) is 18.5 Å². The largest absolute Gasteiger partial charge is 0.349 e. The van der Waals surface area contributed by atoms with Crippen LogP contribution in [0.25, 0.3) is 0 Å². The Balaban J connectivity index is 1.53. The van der Waals surface area contributed by atoms with Crippen LogP contribution in [-0.2, 0) is 7.05 Å². The Hall–Kier alpha value is -2.70.